The van der Waals surface area contributed by atoms with Crippen molar-refractivity contribution in [3.05, 3.63) is 22.2 Å². The van der Waals surface area contributed by atoms with Gasteiger partial charge in [-0.15, -0.1) is 0 Å². The van der Waals surface area contributed by atoms with E-state index in [-0.39, 0.29) is 20.7 Å². The van der Waals surface area contributed by atoms with Crippen molar-refractivity contribution in [2.24, 2.45) is 5.14 Å². The molecule has 1 unspecified atom stereocenters. The lowest BCUT2D eigenvalue weighted by Gasteiger charge is -2.11. The van der Waals surface area contributed by atoms with Gasteiger partial charge in [0.1, 0.15) is 16.7 Å². The van der Waals surface area contributed by atoms with Crippen LogP contribution < -0.4 is 9.88 Å². The van der Waals surface area contributed by atoms with Crippen molar-refractivity contribution in [3.8, 4) is 11.8 Å². The number of rotatable bonds is 3. The Kier molecular flexibility index (Phi) is 4.22. The Morgan fingerprint density at radius 1 is 1.41 bits per heavy atom. The molecule has 17 heavy (non-hydrogen) atoms. The molecule has 0 aromatic heterocycles. The summed E-state index contributed by atoms with van der Waals surface area (Å²) in [6.45, 7) is 1.51. The van der Waals surface area contributed by atoms with Crippen LogP contribution in [0.25, 0.3) is 0 Å². The quantitative estimate of drug-likeness (QED) is 0.922. The van der Waals surface area contributed by atoms with Gasteiger partial charge < -0.3 is 4.74 Å². The summed E-state index contributed by atoms with van der Waals surface area (Å²) in [6.07, 6.45) is -0.732. The zero-order valence-corrected chi connectivity index (χ0v) is 11.0. The molecule has 1 aromatic rings. The Bertz CT molecular complexity index is 581. The number of hydrogen-bond acceptors (Lipinski definition) is 4. The zero-order chi connectivity index (χ0) is 13.2. The second-order valence-corrected chi connectivity index (χ2v) is 5.49. The van der Waals surface area contributed by atoms with Crippen LogP contribution in [0.15, 0.2) is 17.0 Å². The van der Waals surface area contributed by atoms with Crippen molar-refractivity contribution in [2.75, 3.05) is 0 Å². The lowest BCUT2D eigenvalue weighted by molar-refractivity contribution is 0.276. The van der Waals surface area contributed by atoms with E-state index in [1.807, 2.05) is 6.07 Å². The highest BCUT2D eigenvalue weighted by Gasteiger charge is 2.17. The number of sulfonamides is 1. The highest BCUT2D eigenvalue weighted by Crippen LogP contribution is 2.33. The fourth-order valence-corrected chi connectivity index (χ4v) is 2.40. The first-order valence-corrected chi connectivity index (χ1v) is 6.64. The molecular formula is C9H8Cl2N2O3S. The zero-order valence-electron chi connectivity index (χ0n) is 8.65. The third-order valence-corrected chi connectivity index (χ3v) is 3.45. The number of hydrogen-bond donors (Lipinski definition) is 1. The molecule has 0 spiro atoms. The van der Waals surface area contributed by atoms with E-state index in [0.29, 0.717) is 0 Å². The van der Waals surface area contributed by atoms with Crippen LogP contribution in [0.5, 0.6) is 5.75 Å². The van der Waals surface area contributed by atoms with E-state index in [9.17, 15) is 8.42 Å². The maximum atomic E-state index is 11.1. The lowest BCUT2D eigenvalue weighted by Crippen LogP contribution is -2.13. The predicted octanol–water partition coefficient (Wildman–Crippen LogP) is 1.93. The minimum absolute atomic E-state index is 0.0144. The number of ether oxygens (including phenoxy) is 1. The molecule has 0 bridgehead atoms. The molecular weight excluding hydrogens is 287 g/mol. The average Bonchev–Trinajstić information content (AvgIpc) is 2.21. The van der Waals surface area contributed by atoms with Crippen LogP contribution in [0.4, 0.5) is 0 Å². The minimum atomic E-state index is -3.94. The minimum Gasteiger partial charge on any atom is -0.474 e. The molecule has 0 fully saturated rings. The van der Waals surface area contributed by atoms with Gasteiger partial charge in [-0.05, 0) is 13.0 Å². The van der Waals surface area contributed by atoms with Crippen molar-refractivity contribution >= 4 is 33.2 Å². The van der Waals surface area contributed by atoms with Crippen LogP contribution in [0.1, 0.15) is 6.92 Å². The first-order chi connectivity index (χ1) is 7.75. The normalized spacial score (nSPS) is 12.9. The van der Waals surface area contributed by atoms with Gasteiger partial charge in [0.25, 0.3) is 0 Å². The highest BCUT2D eigenvalue weighted by molar-refractivity contribution is 7.89. The van der Waals surface area contributed by atoms with E-state index >= 15 is 0 Å². The summed E-state index contributed by atoms with van der Waals surface area (Å²) in [6, 6.07) is 4.13. The molecule has 0 aliphatic carbocycles. The molecule has 8 heteroatoms. The number of nitrogens with zero attached hydrogens (tertiary/aromatic N) is 1. The second kappa shape index (κ2) is 5.10. The lowest BCUT2D eigenvalue weighted by atomic mass is 10.3. The Morgan fingerprint density at radius 3 is 2.47 bits per heavy atom. The van der Waals surface area contributed by atoms with Crippen LogP contribution in [0, 0.1) is 11.3 Å². The number of primary sulfonamides is 1. The fourth-order valence-electron chi connectivity index (χ4n) is 1.04. The van der Waals surface area contributed by atoms with Gasteiger partial charge in [0.05, 0.1) is 10.0 Å². The largest absolute Gasteiger partial charge is 0.474 e. The molecule has 1 rings (SSSR count). The van der Waals surface area contributed by atoms with E-state index < -0.39 is 16.1 Å². The van der Waals surface area contributed by atoms with Crippen molar-refractivity contribution in [3.63, 3.8) is 0 Å². The topological polar surface area (TPSA) is 93.2 Å². The smallest absolute Gasteiger partial charge is 0.239 e. The van der Waals surface area contributed by atoms with E-state index in [4.69, 9.17) is 38.3 Å². The number of nitrogens with two attached hydrogens (primary N) is 1. The van der Waals surface area contributed by atoms with Crippen LogP contribution in [-0.2, 0) is 10.0 Å². The van der Waals surface area contributed by atoms with Gasteiger partial charge in [-0.3, -0.25) is 0 Å². The van der Waals surface area contributed by atoms with Crippen molar-refractivity contribution in [1.29, 1.82) is 5.26 Å². The summed E-state index contributed by atoms with van der Waals surface area (Å²) in [5.74, 6) is 0.123. The van der Waals surface area contributed by atoms with Crippen LogP contribution in [0.2, 0.25) is 10.0 Å². The molecule has 0 saturated carbocycles. The van der Waals surface area contributed by atoms with Crippen LogP contribution in [0.3, 0.4) is 0 Å². The summed E-state index contributed by atoms with van der Waals surface area (Å²) in [7, 11) is -3.94. The van der Waals surface area contributed by atoms with Crippen molar-refractivity contribution in [1.82, 2.24) is 0 Å². The average molecular weight is 295 g/mol. The first-order valence-electron chi connectivity index (χ1n) is 4.34. The van der Waals surface area contributed by atoms with Gasteiger partial charge in [-0.25, -0.2) is 13.6 Å². The molecule has 2 N–H and O–H groups in total. The second-order valence-electron chi connectivity index (χ2n) is 3.15. The summed E-state index contributed by atoms with van der Waals surface area (Å²) >= 11 is 11.5. The van der Waals surface area contributed by atoms with E-state index in [1.165, 1.54) is 13.0 Å². The molecule has 0 aliphatic rings. The maximum absolute atomic E-state index is 11.1. The van der Waals surface area contributed by atoms with Gasteiger partial charge in [-0.2, -0.15) is 5.26 Å². The number of benzene rings is 1. The standard InChI is InChI=1S/C9H8Cl2N2O3S/c1-5(4-12)16-8-2-7(11)9(3-6(8)10)17(13,14)15/h2-3,5H,1H3,(H2,13,14,15). The summed E-state index contributed by atoms with van der Waals surface area (Å²) in [5, 5.41) is 13.4. The van der Waals surface area contributed by atoms with Gasteiger partial charge in [0, 0.05) is 6.07 Å². The third kappa shape index (κ3) is 3.48. The Morgan fingerprint density at radius 2 is 2.00 bits per heavy atom. The summed E-state index contributed by atoms with van der Waals surface area (Å²) < 4.78 is 27.4. The Hall–Kier alpha value is -1.00. The van der Waals surface area contributed by atoms with Crippen LogP contribution >= 0.6 is 23.2 Å². The number of nitriles is 1. The maximum Gasteiger partial charge on any atom is 0.239 e. The summed E-state index contributed by atoms with van der Waals surface area (Å²) in [4.78, 5) is -0.291. The van der Waals surface area contributed by atoms with Gasteiger partial charge in [-0.1, -0.05) is 23.2 Å². The first kappa shape index (κ1) is 14.1. The molecule has 5 nitrogen and oxygen atoms in total. The van der Waals surface area contributed by atoms with Gasteiger partial charge >= 0.3 is 0 Å². The third-order valence-electron chi connectivity index (χ3n) is 1.78. The molecule has 92 valence electrons. The van der Waals surface area contributed by atoms with E-state index in [2.05, 4.69) is 0 Å². The molecule has 1 atom stereocenters. The molecule has 0 saturated heterocycles. The van der Waals surface area contributed by atoms with Gasteiger partial charge in [0.15, 0.2) is 6.10 Å². The molecule has 0 aliphatic heterocycles. The SMILES string of the molecule is CC(C#N)Oc1cc(Cl)c(S(N)(=O)=O)cc1Cl. The van der Waals surface area contributed by atoms with E-state index in [1.54, 1.807) is 0 Å². The number of halogens is 2. The predicted molar refractivity (Wildman–Crippen MR) is 63.5 cm³/mol. The summed E-state index contributed by atoms with van der Waals surface area (Å²) in [5.41, 5.74) is 0. The van der Waals surface area contributed by atoms with E-state index in [0.717, 1.165) is 6.07 Å². The molecule has 0 radical (unpaired) electrons. The Balaban J connectivity index is 3.25. The van der Waals surface area contributed by atoms with Crippen LogP contribution in [-0.4, -0.2) is 14.5 Å². The Labute approximate surface area is 109 Å². The fraction of sp³-hybridized carbons (Fsp3) is 0.222. The molecule has 1 aromatic carbocycles. The van der Waals surface area contributed by atoms with Gasteiger partial charge in [0.2, 0.25) is 10.0 Å². The molecule has 0 amide bonds. The van der Waals surface area contributed by atoms with Crippen molar-refractivity contribution < 1.29 is 13.2 Å². The van der Waals surface area contributed by atoms with Crippen molar-refractivity contribution in [2.45, 2.75) is 17.9 Å². The highest BCUT2D eigenvalue weighted by atomic mass is 35.5. The molecule has 0 heterocycles. The monoisotopic (exact) mass is 294 g/mol.